The predicted molar refractivity (Wildman–Crippen MR) is 119 cm³/mol. The lowest BCUT2D eigenvalue weighted by atomic mass is 9.98. The number of nitrogens with one attached hydrogen (secondary N) is 1. The van der Waals surface area contributed by atoms with E-state index in [4.69, 9.17) is 20.7 Å². The molecule has 1 aromatic heterocycles. The van der Waals surface area contributed by atoms with Crippen molar-refractivity contribution in [2.24, 2.45) is 17.6 Å². The van der Waals surface area contributed by atoms with E-state index in [-0.39, 0.29) is 5.56 Å². The molecule has 3 atom stereocenters. The highest BCUT2D eigenvalue weighted by Gasteiger charge is 2.41. The molecule has 0 spiro atoms. The minimum atomic E-state index is -5.08. The number of pyridine rings is 1. The van der Waals surface area contributed by atoms with E-state index in [9.17, 15) is 22.8 Å². The van der Waals surface area contributed by atoms with Gasteiger partial charge < -0.3 is 25.8 Å². The Morgan fingerprint density at radius 2 is 1.76 bits per heavy atom. The smallest absolute Gasteiger partial charge is 0.477 e. The number of benzene rings is 1. The molecular formula is C23H26F3N3O5. The van der Waals surface area contributed by atoms with E-state index >= 15 is 0 Å². The summed E-state index contributed by atoms with van der Waals surface area (Å²) in [5, 5.41) is 16.3. The number of halogens is 3. The van der Waals surface area contributed by atoms with Gasteiger partial charge in [0.25, 0.3) is 5.56 Å². The van der Waals surface area contributed by atoms with Crippen LogP contribution < -0.4 is 16.2 Å². The van der Waals surface area contributed by atoms with Crippen molar-refractivity contribution in [2.75, 3.05) is 18.0 Å². The number of aromatic nitrogens is 1. The zero-order valence-electron chi connectivity index (χ0n) is 18.4. The maximum Gasteiger partial charge on any atom is 0.490 e. The molecule has 0 amide bonds. The minimum absolute atomic E-state index is 0.216. The third-order valence-electron chi connectivity index (χ3n) is 6.41. The Hall–Kier alpha value is -3.34. The van der Waals surface area contributed by atoms with Crippen LogP contribution in [-0.2, 0) is 11.2 Å². The summed E-state index contributed by atoms with van der Waals surface area (Å²) in [6, 6.07) is 9.94. The SMILES string of the molecule is CCc1cc(C(=O)O)c(=O)[nH]c1-c1ccc(N2C[C@H]3CC[C@H](N)[C@H]3C2)cc1.O=C(O)C(F)(F)F. The molecule has 4 rings (SSSR count). The number of aliphatic carboxylic acids is 1. The standard InChI is InChI=1S/C21H25N3O3.C2HF3O2/c1-2-12-9-16(21(26)27)20(25)23-19(12)13-3-6-15(7-4-13)24-10-14-5-8-18(22)17(14)11-24;3-2(4,5)1(6)7/h3-4,6-7,9,14,17-18H,2,5,8,10-11,22H2,1H3,(H,23,25)(H,26,27);(H,6,7)/t14-,17+,18+;/m1./s1. The summed E-state index contributed by atoms with van der Waals surface area (Å²) in [7, 11) is 0. The zero-order chi connectivity index (χ0) is 25.2. The van der Waals surface area contributed by atoms with E-state index in [2.05, 4.69) is 22.0 Å². The number of nitrogens with two attached hydrogens (primary N) is 1. The average Bonchev–Trinajstić information content (AvgIpc) is 3.35. The fourth-order valence-corrected chi connectivity index (χ4v) is 4.63. The summed E-state index contributed by atoms with van der Waals surface area (Å²) in [4.78, 5) is 37.3. The number of anilines is 1. The zero-order valence-corrected chi connectivity index (χ0v) is 18.4. The molecule has 8 nitrogen and oxygen atoms in total. The molecule has 5 N–H and O–H groups in total. The number of rotatable bonds is 4. The van der Waals surface area contributed by atoms with Crippen molar-refractivity contribution in [1.29, 1.82) is 0 Å². The molecular weight excluding hydrogens is 455 g/mol. The maximum absolute atomic E-state index is 12.1. The number of H-pyrrole nitrogens is 1. The molecule has 1 saturated heterocycles. The number of hydrogen-bond donors (Lipinski definition) is 4. The quantitative estimate of drug-likeness (QED) is 0.527. The first kappa shape index (κ1) is 25.3. The molecule has 2 aliphatic rings. The van der Waals surface area contributed by atoms with Crippen molar-refractivity contribution in [1.82, 2.24) is 4.98 Å². The average molecular weight is 481 g/mol. The molecule has 1 aliphatic heterocycles. The number of fused-ring (bicyclic) bond motifs is 1. The normalized spacial score (nSPS) is 21.6. The van der Waals surface area contributed by atoms with Gasteiger partial charge in [0.1, 0.15) is 5.56 Å². The second kappa shape index (κ2) is 9.88. The Morgan fingerprint density at radius 1 is 1.15 bits per heavy atom. The third-order valence-corrected chi connectivity index (χ3v) is 6.41. The van der Waals surface area contributed by atoms with Crippen LogP contribution in [-0.4, -0.2) is 52.4 Å². The van der Waals surface area contributed by atoms with Gasteiger partial charge >= 0.3 is 18.1 Å². The van der Waals surface area contributed by atoms with Gasteiger partial charge in [0.2, 0.25) is 0 Å². The van der Waals surface area contributed by atoms with Crippen LogP contribution in [0.3, 0.4) is 0 Å². The highest BCUT2D eigenvalue weighted by atomic mass is 19.4. The van der Waals surface area contributed by atoms with Crippen LogP contribution in [0.15, 0.2) is 35.1 Å². The summed E-state index contributed by atoms with van der Waals surface area (Å²) in [6.07, 6.45) is -2.08. The number of aromatic carboxylic acids is 1. The number of carboxylic acids is 2. The number of aromatic amines is 1. The van der Waals surface area contributed by atoms with Gasteiger partial charge in [0.05, 0.1) is 5.69 Å². The molecule has 0 unspecified atom stereocenters. The molecule has 2 aromatic rings. The lowest BCUT2D eigenvalue weighted by Crippen LogP contribution is -2.30. The van der Waals surface area contributed by atoms with Crippen LogP contribution >= 0.6 is 0 Å². The van der Waals surface area contributed by atoms with Gasteiger partial charge in [0, 0.05) is 24.8 Å². The number of carboxylic acid groups (broad SMARTS) is 2. The van der Waals surface area contributed by atoms with Gasteiger partial charge in [-0.1, -0.05) is 19.1 Å². The van der Waals surface area contributed by atoms with E-state index in [0.717, 1.165) is 30.6 Å². The fraction of sp³-hybridized carbons (Fsp3) is 0.435. The van der Waals surface area contributed by atoms with Crippen LogP contribution in [0.25, 0.3) is 11.3 Å². The monoisotopic (exact) mass is 481 g/mol. The number of carbonyl (C=O) groups is 2. The number of nitrogens with zero attached hydrogens (tertiary/aromatic N) is 1. The Labute approximate surface area is 193 Å². The Balaban J connectivity index is 0.000000406. The predicted octanol–water partition coefficient (Wildman–Crippen LogP) is 3.11. The van der Waals surface area contributed by atoms with Gasteiger partial charge in [-0.15, -0.1) is 0 Å². The van der Waals surface area contributed by atoms with Gasteiger partial charge in [-0.05, 0) is 60.4 Å². The molecule has 1 saturated carbocycles. The lowest BCUT2D eigenvalue weighted by Gasteiger charge is -2.21. The molecule has 0 bridgehead atoms. The highest BCUT2D eigenvalue weighted by Crippen LogP contribution is 2.39. The summed E-state index contributed by atoms with van der Waals surface area (Å²) < 4.78 is 31.7. The van der Waals surface area contributed by atoms with Gasteiger partial charge in [0.15, 0.2) is 0 Å². The summed E-state index contributed by atoms with van der Waals surface area (Å²) in [6.45, 7) is 4.01. The number of aryl methyl sites for hydroxylation is 1. The molecule has 34 heavy (non-hydrogen) atoms. The van der Waals surface area contributed by atoms with Crippen LogP contribution in [0.5, 0.6) is 0 Å². The number of alkyl halides is 3. The summed E-state index contributed by atoms with van der Waals surface area (Å²) >= 11 is 0. The first-order valence-corrected chi connectivity index (χ1v) is 10.8. The van der Waals surface area contributed by atoms with Crippen LogP contribution in [0.1, 0.15) is 35.7 Å². The summed E-state index contributed by atoms with van der Waals surface area (Å²) in [5.41, 5.74) is 9.03. The summed E-state index contributed by atoms with van der Waals surface area (Å²) in [5.74, 6) is -2.67. The second-order valence-electron chi connectivity index (χ2n) is 8.49. The van der Waals surface area contributed by atoms with Crippen molar-refractivity contribution in [3.8, 4) is 11.3 Å². The van der Waals surface area contributed by atoms with Crippen LogP contribution in [0, 0.1) is 11.8 Å². The van der Waals surface area contributed by atoms with Gasteiger partial charge in [-0.25, -0.2) is 9.59 Å². The largest absolute Gasteiger partial charge is 0.490 e. The minimum Gasteiger partial charge on any atom is -0.477 e. The molecule has 184 valence electrons. The van der Waals surface area contributed by atoms with Crippen molar-refractivity contribution in [2.45, 2.75) is 38.4 Å². The highest BCUT2D eigenvalue weighted by molar-refractivity contribution is 5.88. The van der Waals surface area contributed by atoms with Crippen LogP contribution in [0.4, 0.5) is 18.9 Å². The number of hydrogen-bond acceptors (Lipinski definition) is 5. The van der Waals surface area contributed by atoms with Crippen molar-refractivity contribution >= 4 is 17.6 Å². The first-order chi connectivity index (χ1) is 15.9. The van der Waals surface area contributed by atoms with E-state index in [1.807, 2.05) is 19.1 Å². The maximum atomic E-state index is 12.1. The molecule has 11 heteroatoms. The Morgan fingerprint density at radius 3 is 2.26 bits per heavy atom. The molecule has 1 aromatic carbocycles. The van der Waals surface area contributed by atoms with E-state index in [1.54, 1.807) is 0 Å². The van der Waals surface area contributed by atoms with Crippen molar-refractivity contribution in [3.63, 3.8) is 0 Å². The molecule has 1 aliphatic carbocycles. The van der Waals surface area contributed by atoms with E-state index < -0.39 is 23.7 Å². The van der Waals surface area contributed by atoms with Gasteiger partial charge in [-0.2, -0.15) is 13.2 Å². The Bertz CT molecular complexity index is 1110. The lowest BCUT2D eigenvalue weighted by molar-refractivity contribution is -0.192. The third kappa shape index (κ3) is 5.41. The topological polar surface area (TPSA) is 137 Å². The van der Waals surface area contributed by atoms with Crippen molar-refractivity contribution in [3.05, 3.63) is 51.8 Å². The van der Waals surface area contributed by atoms with E-state index in [0.29, 0.717) is 30.0 Å². The van der Waals surface area contributed by atoms with Crippen molar-refractivity contribution < 1.29 is 33.0 Å². The Kier molecular flexibility index (Phi) is 7.35. The second-order valence-corrected chi connectivity index (χ2v) is 8.49. The van der Waals surface area contributed by atoms with Crippen LogP contribution in [0.2, 0.25) is 0 Å². The molecule has 2 fully saturated rings. The van der Waals surface area contributed by atoms with E-state index in [1.165, 1.54) is 18.2 Å². The molecule has 0 radical (unpaired) electrons. The first-order valence-electron chi connectivity index (χ1n) is 10.8. The molecule has 2 heterocycles. The van der Waals surface area contributed by atoms with Gasteiger partial charge in [-0.3, -0.25) is 4.79 Å². The fourth-order valence-electron chi connectivity index (χ4n) is 4.63.